The number of hydrogen-bond acceptors (Lipinski definition) is 3. The highest BCUT2D eigenvalue weighted by Crippen LogP contribution is 2.21. The van der Waals surface area contributed by atoms with Crippen molar-refractivity contribution in [2.45, 2.75) is 11.3 Å². The fourth-order valence-electron chi connectivity index (χ4n) is 1.61. The van der Waals surface area contributed by atoms with Gasteiger partial charge in [0, 0.05) is 17.2 Å². The van der Waals surface area contributed by atoms with Gasteiger partial charge in [-0.05, 0) is 53.6 Å². The number of halogens is 2. The maximum atomic E-state index is 13.3. The molecule has 0 unspecified atom stereocenters. The minimum absolute atomic E-state index is 0.357. The van der Waals surface area contributed by atoms with E-state index in [1.807, 2.05) is 0 Å². The molecule has 19 heavy (non-hydrogen) atoms. The van der Waals surface area contributed by atoms with E-state index in [9.17, 15) is 8.78 Å². The van der Waals surface area contributed by atoms with Gasteiger partial charge in [-0.15, -0.1) is 11.8 Å². The summed E-state index contributed by atoms with van der Waals surface area (Å²) in [6, 6.07) is 5.66. The number of thiophene rings is 1. The smallest absolute Gasteiger partial charge is 0.136 e. The van der Waals surface area contributed by atoms with E-state index in [0.717, 1.165) is 31.3 Å². The number of rotatable bonds is 7. The van der Waals surface area contributed by atoms with Gasteiger partial charge in [-0.1, -0.05) is 0 Å². The average molecular weight is 299 g/mol. The zero-order valence-corrected chi connectivity index (χ0v) is 12.0. The zero-order chi connectivity index (χ0) is 13.5. The van der Waals surface area contributed by atoms with E-state index in [2.05, 4.69) is 22.1 Å². The lowest BCUT2D eigenvalue weighted by Gasteiger charge is -2.05. The SMILES string of the molecule is Fc1ccc(F)c(SCCNCCc2ccsc2)c1. The first-order chi connectivity index (χ1) is 9.25. The summed E-state index contributed by atoms with van der Waals surface area (Å²) in [7, 11) is 0. The molecule has 0 saturated heterocycles. The Hall–Kier alpha value is -0.910. The molecule has 0 atom stereocenters. The van der Waals surface area contributed by atoms with Crippen LogP contribution in [-0.4, -0.2) is 18.8 Å². The van der Waals surface area contributed by atoms with E-state index >= 15 is 0 Å². The van der Waals surface area contributed by atoms with Gasteiger partial charge in [0.25, 0.3) is 0 Å². The maximum absolute atomic E-state index is 13.3. The summed E-state index contributed by atoms with van der Waals surface area (Å²) in [6.07, 6.45) is 1.00. The molecule has 0 saturated carbocycles. The molecule has 2 aromatic rings. The lowest BCUT2D eigenvalue weighted by molar-refractivity contribution is 0.577. The van der Waals surface area contributed by atoms with Crippen molar-refractivity contribution in [3.63, 3.8) is 0 Å². The van der Waals surface area contributed by atoms with Crippen LogP contribution in [0.5, 0.6) is 0 Å². The van der Waals surface area contributed by atoms with Crippen LogP contribution in [0, 0.1) is 11.6 Å². The molecule has 5 heteroatoms. The van der Waals surface area contributed by atoms with Gasteiger partial charge >= 0.3 is 0 Å². The van der Waals surface area contributed by atoms with Crippen LogP contribution in [0.4, 0.5) is 8.78 Å². The van der Waals surface area contributed by atoms with E-state index in [1.165, 1.54) is 29.5 Å². The highest BCUT2D eigenvalue weighted by molar-refractivity contribution is 7.99. The minimum Gasteiger partial charge on any atom is -0.316 e. The zero-order valence-electron chi connectivity index (χ0n) is 10.4. The van der Waals surface area contributed by atoms with Crippen molar-refractivity contribution in [1.82, 2.24) is 5.32 Å². The van der Waals surface area contributed by atoms with Crippen molar-refractivity contribution in [3.05, 3.63) is 52.2 Å². The second-order valence-electron chi connectivity index (χ2n) is 4.05. The first-order valence-corrected chi connectivity index (χ1v) is 7.98. The van der Waals surface area contributed by atoms with Gasteiger partial charge in [0.15, 0.2) is 0 Å². The van der Waals surface area contributed by atoms with E-state index in [4.69, 9.17) is 0 Å². The molecule has 0 aliphatic carbocycles. The lowest BCUT2D eigenvalue weighted by Crippen LogP contribution is -2.19. The van der Waals surface area contributed by atoms with Gasteiger partial charge in [0.2, 0.25) is 0 Å². The van der Waals surface area contributed by atoms with E-state index in [-0.39, 0.29) is 5.82 Å². The largest absolute Gasteiger partial charge is 0.316 e. The quantitative estimate of drug-likeness (QED) is 0.614. The average Bonchev–Trinajstić information content (AvgIpc) is 2.90. The van der Waals surface area contributed by atoms with Crippen molar-refractivity contribution >= 4 is 23.1 Å². The normalized spacial score (nSPS) is 10.8. The standard InChI is InChI=1S/C14H15F2NS2/c15-12-1-2-13(16)14(9-12)19-8-6-17-5-3-11-4-7-18-10-11/h1-2,4,7,9-10,17H,3,5-6,8H2. The van der Waals surface area contributed by atoms with Gasteiger partial charge in [0.1, 0.15) is 11.6 Å². The number of nitrogens with one attached hydrogen (secondary N) is 1. The van der Waals surface area contributed by atoms with Gasteiger partial charge in [0.05, 0.1) is 0 Å². The highest BCUT2D eigenvalue weighted by Gasteiger charge is 2.03. The Morgan fingerprint density at radius 1 is 1.16 bits per heavy atom. The predicted octanol–water partition coefficient (Wildman–Crippen LogP) is 3.95. The fourth-order valence-corrected chi connectivity index (χ4v) is 3.18. The molecule has 0 aliphatic heterocycles. The Morgan fingerprint density at radius 2 is 2.05 bits per heavy atom. The summed E-state index contributed by atoms with van der Waals surface area (Å²) in [5.74, 6) is -0.0247. The van der Waals surface area contributed by atoms with Crippen molar-refractivity contribution in [2.24, 2.45) is 0 Å². The molecule has 1 aromatic heterocycles. The molecule has 0 aliphatic rings. The van der Waals surface area contributed by atoms with Gasteiger partial charge in [-0.2, -0.15) is 11.3 Å². The summed E-state index contributed by atoms with van der Waals surface area (Å²) in [6.45, 7) is 1.69. The molecule has 2 rings (SSSR count). The monoisotopic (exact) mass is 299 g/mol. The summed E-state index contributed by atoms with van der Waals surface area (Å²) in [4.78, 5) is 0.375. The molecular weight excluding hydrogens is 284 g/mol. The number of hydrogen-bond donors (Lipinski definition) is 1. The minimum atomic E-state index is -0.394. The molecule has 1 aromatic carbocycles. The Balaban J connectivity index is 1.62. The molecule has 0 radical (unpaired) electrons. The van der Waals surface area contributed by atoms with Crippen molar-refractivity contribution in [2.75, 3.05) is 18.8 Å². The summed E-state index contributed by atoms with van der Waals surface area (Å²) in [5, 5.41) is 7.50. The van der Waals surface area contributed by atoms with Crippen LogP contribution < -0.4 is 5.32 Å². The van der Waals surface area contributed by atoms with Crippen molar-refractivity contribution in [3.8, 4) is 0 Å². The second-order valence-corrected chi connectivity index (χ2v) is 5.97. The molecule has 0 amide bonds. The number of benzene rings is 1. The topological polar surface area (TPSA) is 12.0 Å². The molecule has 102 valence electrons. The van der Waals surface area contributed by atoms with E-state index < -0.39 is 5.82 Å². The van der Waals surface area contributed by atoms with Gasteiger partial charge in [-0.3, -0.25) is 0 Å². The third-order valence-corrected chi connectivity index (χ3v) is 4.36. The van der Waals surface area contributed by atoms with Crippen molar-refractivity contribution < 1.29 is 8.78 Å². The van der Waals surface area contributed by atoms with Crippen LogP contribution in [0.3, 0.4) is 0 Å². The van der Waals surface area contributed by atoms with E-state index in [1.54, 1.807) is 11.3 Å². The third-order valence-electron chi connectivity index (χ3n) is 2.60. The Morgan fingerprint density at radius 3 is 2.84 bits per heavy atom. The van der Waals surface area contributed by atoms with E-state index in [0.29, 0.717) is 4.90 Å². The lowest BCUT2D eigenvalue weighted by atomic mass is 10.2. The maximum Gasteiger partial charge on any atom is 0.136 e. The van der Waals surface area contributed by atoms with Crippen LogP contribution in [-0.2, 0) is 6.42 Å². The highest BCUT2D eigenvalue weighted by atomic mass is 32.2. The third kappa shape index (κ3) is 4.93. The first kappa shape index (κ1) is 14.5. The molecule has 1 nitrogen and oxygen atoms in total. The number of thioether (sulfide) groups is 1. The van der Waals surface area contributed by atoms with Crippen molar-refractivity contribution in [1.29, 1.82) is 0 Å². The predicted molar refractivity (Wildman–Crippen MR) is 78.0 cm³/mol. The van der Waals surface area contributed by atoms with Crippen LogP contribution >= 0.6 is 23.1 Å². The van der Waals surface area contributed by atoms with Crippen LogP contribution in [0.15, 0.2) is 39.9 Å². The fraction of sp³-hybridized carbons (Fsp3) is 0.286. The second kappa shape index (κ2) is 7.62. The molecular formula is C14H15F2NS2. The summed E-state index contributed by atoms with van der Waals surface area (Å²) in [5.41, 5.74) is 1.33. The Labute approximate surface area is 120 Å². The summed E-state index contributed by atoms with van der Waals surface area (Å²) >= 11 is 3.03. The summed E-state index contributed by atoms with van der Waals surface area (Å²) < 4.78 is 26.3. The molecule has 1 heterocycles. The van der Waals surface area contributed by atoms with Crippen LogP contribution in [0.2, 0.25) is 0 Å². The molecule has 0 spiro atoms. The molecule has 0 fully saturated rings. The Kier molecular flexibility index (Phi) is 5.82. The molecule has 0 bridgehead atoms. The van der Waals surface area contributed by atoms with Crippen LogP contribution in [0.25, 0.3) is 0 Å². The van der Waals surface area contributed by atoms with Gasteiger partial charge < -0.3 is 5.32 Å². The Bertz CT molecular complexity index is 500. The molecule has 1 N–H and O–H groups in total. The van der Waals surface area contributed by atoms with Crippen LogP contribution in [0.1, 0.15) is 5.56 Å². The first-order valence-electron chi connectivity index (χ1n) is 6.05. The van der Waals surface area contributed by atoms with Gasteiger partial charge in [-0.25, -0.2) is 8.78 Å².